The molecule has 0 radical (unpaired) electrons. The maximum absolute atomic E-state index is 6.46. The van der Waals surface area contributed by atoms with E-state index in [1.54, 1.807) is 14.2 Å². The minimum atomic E-state index is 0. The molecule has 3 nitrogen and oxygen atoms in total. The van der Waals surface area contributed by atoms with Crippen molar-refractivity contribution in [1.82, 2.24) is 4.98 Å². The van der Waals surface area contributed by atoms with Gasteiger partial charge in [-0.3, -0.25) is 0 Å². The van der Waals surface area contributed by atoms with Crippen LogP contribution in [-0.2, 0) is 12.8 Å². The van der Waals surface area contributed by atoms with Gasteiger partial charge in [-0.1, -0.05) is 41.9 Å². The third kappa shape index (κ3) is 3.89. The summed E-state index contributed by atoms with van der Waals surface area (Å²) in [6, 6.07) is 16.5. The molecular weight excluding hydrogens is 449 g/mol. The molecule has 0 bridgehead atoms. The van der Waals surface area contributed by atoms with E-state index in [1.165, 1.54) is 39.8 Å². The summed E-state index contributed by atoms with van der Waals surface area (Å²) in [5.41, 5.74) is 5.65. The van der Waals surface area contributed by atoms with Crippen LogP contribution in [0.25, 0.3) is 32.6 Å². The van der Waals surface area contributed by atoms with Crippen LogP contribution < -0.4 is 21.9 Å². The number of fused-ring (bicyclic) bond motifs is 3. The fourth-order valence-electron chi connectivity index (χ4n) is 4.30. The summed E-state index contributed by atoms with van der Waals surface area (Å²) in [5.74, 6) is 1.29. The number of ether oxygens (including phenoxy) is 2. The Morgan fingerprint density at radius 1 is 0.903 bits per heavy atom. The zero-order valence-electron chi connectivity index (χ0n) is 17.4. The Balaban J connectivity index is 0.00000231. The highest BCUT2D eigenvalue weighted by atomic mass is 35.5. The van der Waals surface area contributed by atoms with Gasteiger partial charge in [-0.25, -0.2) is 4.98 Å². The first-order chi connectivity index (χ1) is 14.7. The van der Waals surface area contributed by atoms with Crippen molar-refractivity contribution in [2.75, 3.05) is 14.2 Å². The van der Waals surface area contributed by atoms with E-state index in [0.29, 0.717) is 16.5 Å². The van der Waals surface area contributed by atoms with Crippen LogP contribution in [0.1, 0.15) is 23.3 Å². The molecule has 1 aliphatic carbocycles. The standard InChI is InChI=1S/C25H22ClNO2S.ClH/c1-28-21-14-22(29-2)19(26)12-18(21)20-13-17(15-8-4-3-5-9-15)24-16-10-6-7-11-23(16)30-25(24)27-20;/h3-5,8-9,12-14H,6-7,10-11H2,1-2H3;1H/p-1. The number of rotatable bonds is 4. The number of nitrogens with zero attached hydrogens (tertiary/aromatic N) is 1. The Kier molecular flexibility index (Phi) is 6.42. The van der Waals surface area contributed by atoms with E-state index in [4.69, 9.17) is 26.1 Å². The first kappa shape index (κ1) is 21.9. The molecule has 2 aromatic carbocycles. The highest BCUT2D eigenvalue weighted by molar-refractivity contribution is 7.19. The molecule has 160 valence electrons. The van der Waals surface area contributed by atoms with Gasteiger partial charge in [-0.05, 0) is 54.5 Å². The summed E-state index contributed by atoms with van der Waals surface area (Å²) in [5, 5.41) is 1.85. The molecular formula is C25H22Cl2NO2S-. The normalized spacial score (nSPS) is 12.9. The molecule has 0 N–H and O–H groups in total. The molecule has 0 atom stereocenters. The average molecular weight is 471 g/mol. The van der Waals surface area contributed by atoms with Crippen molar-refractivity contribution in [3.05, 3.63) is 64.0 Å². The molecule has 0 amide bonds. The van der Waals surface area contributed by atoms with Gasteiger partial charge in [0.15, 0.2) is 0 Å². The highest BCUT2D eigenvalue weighted by Crippen LogP contribution is 2.44. The molecule has 0 saturated heterocycles. The molecule has 2 heterocycles. The quantitative estimate of drug-likeness (QED) is 0.448. The van der Waals surface area contributed by atoms with Gasteiger partial charge < -0.3 is 21.9 Å². The minimum absolute atomic E-state index is 0. The Bertz CT molecular complexity index is 1240. The number of benzene rings is 2. The van der Waals surface area contributed by atoms with Crippen molar-refractivity contribution >= 4 is 33.2 Å². The molecule has 31 heavy (non-hydrogen) atoms. The molecule has 1 aliphatic rings. The van der Waals surface area contributed by atoms with E-state index in [9.17, 15) is 0 Å². The predicted molar refractivity (Wildman–Crippen MR) is 125 cm³/mol. The van der Waals surface area contributed by atoms with Gasteiger partial charge in [0.2, 0.25) is 0 Å². The summed E-state index contributed by atoms with van der Waals surface area (Å²) < 4.78 is 11.0. The van der Waals surface area contributed by atoms with Gasteiger partial charge in [-0.2, -0.15) is 0 Å². The van der Waals surface area contributed by atoms with Crippen molar-refractivity contribution in [1.29, 1.82) is 0 Å². The predicted octanol–water partition coefficient (Wildman–Crippen LogP) is 4.18. The third-order valence-corrected chi connectivity index (χ3v) is 7.24. The molecule has 0 aliphatic heterocycles. The number of thiophene rings is 1. The van der Waals surface area contributed by atoms with Crippen molar-refractivity contribution in [3.63, 3.8) is 0 Å². The zero-order chi connectivity index (χ0) is 20.7. The lowest BCUT2D eigenvalue weighted by atomic mass is 9.92. The fraction of sp³-hybridized carbons (Fsp3) is 0.240. The maximum atomic E-state index is 6.46. The van der Waals surface area contributed by atoms with Crippen LogP contribution in [0.5, 0.6) is 11.5 Å². The minimum Gasteiger partial charge on any atom is -1.00 e. The van der Waals surface area contributed by atoms with Gasteiger partial charge >= 0.3 is 0 Å². The molecule has 6 heteroatoms. The van der Waals surface area contributed by atoms with Crippen LogP contribution in [0.15, 0.2) is 48.5 Å². The van der Waals surface area contributed by atoms with Crippen molar-refractivity contribution < 1.29 is 21.9 Å². The number of aryl methyl sites for hydroxylation is 2. The Hall–Kier alpha value is -2.27. The van der Waals surface area contributed by atoms with Crippen LogP contribution in [0.2, 0.25) is 5.02 Å². The molecule has 0 fully saturated rings. The topological polar surface area (TPSA) is 31.4 Å². The monoisotopic (exact) mass is 470 g/mol. The Labute approximate surface area is 197 Å². The van der Waals surface area contributed by atoms with Crippen molar-refractivity contribution in [3.8, 4) is 33.9 Å². The van der Waals surface area contributed by atoms with Gasteiger partial charge in [-0.15, -0.1) is 11.3 Å². The van der Waals surface area contributed by atoms with Crippen LogP contribution >= 0.6 is 22.9 Å². The van der Waals surface area contributed by atoms with E-state index >= 15 is 0 Å². The number of aromatic nitrogens is 1. The summed E-state index contributed by atoms with van der Waals surface area (Å²) in [6.07, 6.45) is 4.79. The average Bonchev–Trinajstić information content (AvgIpc) is 3.17. The van der Waals surface area contributed by atoms with E-state index in [1.807, 2.05) is 23.5 Å². The highest BCUT2D eigenvalue weighted by Gasteiger charge is 2.22. The second-order valence-corrected chi connectivity index (χ2v) is 8.99. The molecule has 0 unspecified atom stereocenters. The van der Waals surface area contributed by atoms with Gasteiger partial charge in [0.1, 0.15) is 16.3 Å². The van der Waals surface area contributed by atoms with Crippen LogP contribution in [0.3, 0.4) is 0 Å². The van der Waals surface area contributed by atoms with Crippen LogP contribution in [0.4, 0.5) is 0 Å². The van der Waals surface area contributed by atoms with Gasteiger partial charge in [0.25, 0.3) is 0 Å². The van der Waals surface area contributed by atoms with E-state index in [2.05, 4.69) is 36.4 Å². The van der Waals surface area contributed by atoms with E-state index in [-0.39, 0.29) is 12.4 Å². The summed E-state index contributed by atoms with van der Waals surface area (Å²) in [7, 11) is 3.26. The summed E-state index contributed by atoms with van der Waals surface area (Å²) >= 11 is 8.29. The second kappa shape index (κ2) is 9.07. The molecule has 0 saturated carbocycles. The number of pyridine rings is 1. The number of halogens is 2. The largest absolute Gasteiger partial charge is 1.00 e. The van der Waals surface area contributed by atoms with Crippen molar-refractivity contribution in [2.45, 2.75) is 25.7 Å². The Morgan fingerprint density at radius 2 is 1.65 bits per heavy atom. The SMILES string of the molecule is COc1cc(OC)c(-c2cc(-c3ccccc3)c3c4c(sc3n2)CCCC4)cc1Cl.[Cl-]. The first-order valence-corrected chi connectivity index (χ1v) is 11.3. The smallest absolute Gasteiger partial charge is 0.141 e. The molecule has 5 rings (SSSR count). The van der Waals surface area contributed by atoms with Crippen molar-refractivity contribution in [2.24, 2.45) is 0 Å². The molecule has 4 aromatic rings. The zero-order valence-corrected chi connectivity index (χ0v) is 19.7. The summed E-state index contributed by atoms with van der Waals surface area (Å²) in [4.78, 5) is 7.66. The van der Waals surface area contributed by atoms with Crippen LogP contribution in [-0.4, -0.2) is 19.2 Å². The van der Waals surface area contributed by atoms with Crippen LogP contribution in [0, 0.1) is 0 Å². The Morgan fingerprint density at radius 3 is 2.39 bits per heavy atom. The summed E-state index contributed by atoms with van der Waals surface area (Å²) in [6.45, 7) is 0. The molecule has 2 aromatic heterocycles. The lowest BCUT2D eigenvalue weighted by Gasteiger charge is -2.15. The van der Waals surface area contributed by atoms with Gasteiger partial charge in [0, 0.05) is 21.9 Å². The third-order valence-electron chi connectivity index (χ3n) is 5.76. The van der Waals surface area contributed by atoms with E-state index < -0.39 is 0 Å². The maximum Gasteiger partial charge on any atom is 0.141 e. The first-order valence-electron chi connectivity index (χ1n) is 10.1. The molecule has 0 spiro atoms. The number of hydrogen-bond donors (Lipinski definition) is 0. The fourth-order valence-corrected chi connectivity index (χ4v) is 5.83. The lowest BCUT2D eigenvalue weighted by molar-refractivity contribution is -0.00000636. The number of methoxy groups -OCH3 is 2. The second-order valence-electron chi connectivity index (χ2n) is 7.50. The lowest BCUT2D eigenvalue weighted by Crippen LogP contribution is -3.00. The number of hydrogen-bond acceptors (Lipinski definition) is 4. The van der Waals surface area contributed by atoms with E-state index in [0.717, 1.165) is 28.9 Å². The van der Waals surface area contributed by atoms with Gasteiger partial charge in [0.05, 0.1) is 24.9 Å².